The number of piperidine rings is 1. The average molecular weight is 297 g/mol. The molecule has 2 aromatic rings. The van der Waals surface area contributed by atoms with Crippen LogP contribution in [0.1, 0.15) is 31.7 Å². The monoisotopic (exact) mass is 297 g/mol. The van der Waals surface area contributed by atoms with Crippen molar-refractivity contribution in [3.05, 3.63) is 34.7 Å². The van der Waals surface area contributed by atoms with Crippen LogP contribution in [0.5, 0.6) is 0 Å². The van der Waals surface area contributed by atoms with Crippen LogP contribution < -0.4 is 5.69 Å². The molecular formula is C16H19N5O. The Labute approximate surface area is 128 Å². The lowest BCUT2D eigenvalue weighted by atomic mass is 10.0. The van der Waals surface area contributed by atoms with Crippen molar-refractivity contribution in [2.45, 2.75) is 31.7 Å². The highest BCUT2D eigenvalue weighted by Crippen LogP contribution is 2.25. The van der Waals surface area contributed by atoms with E-state index >= 15 is 0 Å². The van der Waals surface area contributed by atoms with E-state index in [-0.39, 0.29) is 11.7 Å². The predicted octanol–water partition coefficient (Wildman–Crippen LogP) is 2.14. The summed E-state index contributed by atoms with van der Waals surface area (Å²) in [4.78, 5) is 17.5. The van der Waals surface area contributed by atoms with Gasteiger partial charge >= 0.3 is 5.69 Å². The Morgan fingerprint density at radius 3 is 2.77 bits per heavy atom. The molecule has 1 aromatic heterocycles. The molecule has 0 bridgehead atoms. The second kappa shape index (κ2) is 5.44. The summed E-state index contributed by atoms with van der Waals surface area (Å²) in [7, 11) is 0. The van der Waals surface area contributed by atoms with Gasteiger partial charge in [-0.25, -0.2) is 4.79 Å². The SMILES string of the molecule is O=c1[nH]c2ccccc2n1C1CCN(C2=NN=CCC2)CC1. The second-order valence-electron chi connectivity index (χ2n) is 5.89. The molecule has 0 unspecified atom stereocenters. The average Bonchev–Trinajstić information content (AvgIpc) is 2.91. The third-order valence-corrected chi connectivity index (χ3v) is 4.57. The van der Waals surface area contributed by atoms with Crippen LogP contribution in [-0.4, -0.2) is 39.6 Å². The van der Waals surface area contributed by atoms with Gasteiger partial charge in [0.2, 0.25) is 0 Å². The van der Waals surface area contributed by atoms with E-state index in [9.17, 15) is 4.79 Å². The highest BCUT2D eigenvalue weighted by Gasteiger charge is 2.25. The van der Waals surface area contributed by atoms with E-state index in [4.69, 9.17) is 0 Å². The van der Waals surface area contributed by atoms with Gasteiger partial charge in [0.1, 0.15) is 5.84 Å². The fourth-order valence-electron chi connectivity index (χ4n) is 3.45. The molecule has 0 saturated carbocycles. The number of nitrogens with one attached hydrogen (secondary N) is 1. The van der Waals surface area contributed by atoms with Crippen LogP contribution in [0, 0.1) is 0 Å². The Kier molecular flexibility index (Phi) is 3.29. The highest BCUT2D eigenvalue weighted by atomic mass is 16.1. The van der Waals surface area contributed by atoms with Gasteiger partial charge in [-0.15, -0.1) is 5.10 Å². The summed E-state index contributed by atoms with van der Waals surface area (Å²) in [6.45, 7) is 1.87. The van der Waals surface area contributed by atoms with Crippen LogP contribution in [0.2, 0.25) is 0 Å². The first-order valence-electron chi connectivity index (χ1n) is 7.85. The first-order chi connectivity index (χ1) is 10.8. The predicted molar refractivity (Wildman–Crippen MR) is 87.6 cm³/mol. The summed E-state index contributed by atoms with van der Waals surface area (Å²) in [5.41, 5.74) is 1.92. The molecule has 2 aliphatic heterocycles. The van der Waals surface area contributed by atoms with Gasteiger partial charge in [0.25, 0.3) is 0 Å². The third-order valence-electron chi connectivity index (χ3n) is 4.57. The Bertz CT molecular complexity index is 792. The molecule has 0 radical (unpaired) electrons. The number of aromatic nitrogens is 2. The number of rotatable bonds is 1. The van der Waals surface area contributed by atoms with Crippen LogP contribution in [0.4, 0.5) is 0 Å². The van der Waals surface area contributed by atoms with Gasteiger partial charge in [-0.2, -0.15) is 5.10 Å². The van der Waals surface area contributed by atoms with Crippen molar-refractivity contribution >= 4 is 23.1 Å². The van der Waals surface area contributed by atoms with E-state index in [2.05, 4.69) is 20.1 Å². The highest BCUT2D eigenvalue weighted by molar-refractivity contribution is 5.86. The van der Waals surface area contributed by atoms with Crippen LogP contribution in [0.15, 0.2) is 39.3 Å². The number of nitrogens with zero attached hydrogens (tertiary/aromatic N) is 4. The molecule has 114 valence electrons. The maximum Gasteiger partial charge on any atom is 0.326 e. The summed E-state index contributed by atoms with van der Waals surface area (Å²) in [5.74, 6) is 1.09. The maximum absolute atomic E-state index is 12.3. The minimum atomic E-state index is -0.000688. The lowest BCUT2D eigenvalue weighted by Crippen LogP contribution is -2.40. The largest absolute Gasteiger partial charge is 0.358 e. The molecule has 6 heteroatoms. The Morgan fingerprint density at radius 2 is 2.00 bits per heavy atom. The quantitative estimate of drug-likeness (QED) is 0.876. The second-order valence-corrected chi connectivity index (χ2v) is 5.89. The zero-order valence-corrected chi connectivity index (χ0v) is 12.4. The van der Waals surface area contributed by atoms with Crippen molar-refractivity contribution in [2.24, 2.45) is 10.2 Å². The van der Waals surface area contributed by atoms with Crippen molar-refractivity contribution < 1.29 is 0 Å². The molecule has 1 fully saturated rings. The van der Waals surface area contributed by atoms with Crippen molar-refractivity contribution in [1.29, 1.82) is 0 Å². The minimum Gasteiger partial charge on any atom is -0.358 e. The van der Waals surface area contributed by atoms with E-state index in [1.54, 1.807) is 0 Å². The van der Waals surface area contributed by atoms with Gasteiger partial charge in [-0.3, -0.25) is 4.57 Å². The summed E-state index contributed by atoms with van der Waals surface area (Å²) in [6, 6.07) is 8.16. The fraction of sp³-hybridized carbons (Fsp3) is 0.438. The van der Waals surface area contributed by atoms with Crippen molar-refractivity contribution in [3.8, 4) is 0 Å². The molecule has 0 aliphatic carbocycles. The maximum atomic E-state index is 12.3. The molecule has 1 aromatic carbocycles. The Hall–Kier alpha value is -2.37. The van der Waals surface area contributed by atoms with E-state index < -0.39 is 0 Å². The molecule has 0 spiro atoms. The zero-order valence-electron chi connectivity index (χ0n) is 12.4. The van der Waals surface area contributed by atoms with Crippen LogP contribution in [-0.2, 0) is 0 Å². The van der Waals surface area contributed by atoms with Crippen LogP contribution in [0.25, 0.3) is 11.0 Å². The van der Waals surface area contributed by atoms with E-state index in [0.29, 0.717) is 0 Å². The smallest absolute Gasteiger partial charge is 0.326 e. The summed E-state index contributed by atoms with van der Waals surface area (Å²) < 4.78 is 1.92. The van der Waals surface area contributed by atoms with E-state index in [1.807, 2.05) is 35.0 Å². The normalized spacial score (nSPS) is 19.6. The summed E-state index contributed by atoms with van der Waals surface area (Å²) >= 11 is 0. The lowest BCUT2D eigenvalue weighted by Gasteiger charge is -2.34. The van der Waals surface area contributed by atoms with Gasteiger partial charge in [-0.1, -0.05) is 12.1 Å². The zero-order chi connectivity index (χ0) is 14.9. The Morgan fingerprint density at radius 1 is 1.18 bits per heavy atom. The number of amidine groups is 1. The molecule has 22 heavy (non-hydrogen) atoms. The summed E-state index contributed by atoms with van der Waals surface area (Å²) in [6.07, 6.45) is 5.73. The number of imidazole rings is 1. The van der Waals surface area contributed by atoms with Gasteiger partial charge in [-0.05, 0) is 31.4 Å². The molecule has 2 aliphatic rings. The molecule has 1 saturated heterocycles. The number of hydrogen-bond acceptors (Lipinski definition) is 4. The summed E-state index contributed by atoms with van der Waals surface area (Å²) in [5, 5.41) is 8.26. The van der Waals surface area contributed by atoms with Crippen molar-refractivity contribution in [1.82, 2.24) is 14.5 Å². The third kappa shape index (κ3) is 2.24. The van der Waals surface area contributed by atoms with Crippen LogP contribution in [0.3, 0.4) is 0 Å². The van der Waals surface area contributed by atoms with E-state index in [1.165, 1.54) is 0 Å². The number of likely N-dealkylation sites (tertiary alicyclic amines) is 1. The molecule has 6 nitrogen and oxygen atoms in total. The molecule has 0 atom stereocenters. The number of para-hydroxylation sites is 2. The van der Waals surface area contributed by atoms with Gasteiger partial charge in [0, 0.05) is 31.8 Å². The molecule has 0 amide bonds. The first kappa shape index (κ1) is 13.3. The standard InChI is InChI=1S/C16H19N5O/c22-16-18-13-4-1-2-5-14(13)21(16)12-7-10-20(11-8-12)15-6-3-9-17-19-15/h1-2,4-5,9,12H,3,6-8,10-11H2,(H,18,22). The number of hydrogen-bond donors (Lipinski definition) is 1. The van der Waals surface area contributed by atoms with Gasteiger partial charge in [0.05, 0.1) is 11.0 Å². The first-order valence-corrected chi connectivity index (χ1v) is 7.85. The fourth-order valence-corrected chi connectivity index (χ4v) is 3.45. The van der Waals surface area contributed by atoms with Gasteiger partial charge < -0.3 is 9.88 Å². The van der Waals surface area contributed by atoms with E-state index in [0.717, 1.165) is 55.6 Å². The minimum absolute atomic E-state index is 0.000688. The molecule has 4 rings (SSSR count). The van der Waals surface area contributed by atoms with Crippen LogP contribution >= 0.6 is 0 Å². The molecule has 3 heterocycles. The van der Waals surface area contributed by atoms with Crippen molar-refractivity contribution in [2.75, 3.05) is 13.1 Å². The van der Waals surface area contributed by atoms with Gasteiger partial charge in [0.15, 0.2) is 0 Å². The number of aromatic amines is 1. The Balaban J connectivity index is 1.56. The van der Waals surface area contributed by atoms with Crippen molar-refractivity contribution in [3.63, 3.8) is 0 Å². The topological polar surface area (TPSA) is 65.8 Å². The number of fused-ring (bicyclic) bond motifs is 1. The molecule has 1 N–H and O–H groups in total. The molecular weight excluding hydrogens is 278 g/mol. The number of H-pyrrole nitrogens is 1. The number of benzene rings is 1. The lowest BCUT2D eigenvalue weighted by molar-refractivity contribution is 0.263.